The molecule has 4 heteroatoms. The van der Waals surface area contributed by atoms with Crippen LogP contribution in [0.4, 0.5) is 0 Å². The van der Waals surface area contributed by atoms with Crippen LogP contribution in [-0.4, -0.2) is 19.0 Å². The van der Waals surface area contributed by atoms with Crippen LogP contribution in [0.3, 0.4) is 0 Å². The summed E-state index contributed by atoms with van der Waals surface area (Å²) in [5, 5.41) is 6.74. The zero-order valence-electron chi connectivity index (χ0n) is 13.0. The van der Waals surface area contributed by atoms with Crippen LogP contribution in [0.25, 0.3) is 0 Å². The van der Waals surface area contributed by atoms with Gasteiger partial charge in [0.25, 0.3) is 0 Å². The highest BCUT2D eigenvalue weighted by Crippen LogP contribution is 2.10. The van der Waals surface area contributed by atoms with E-state index in [0.29, 0.717) is 5.92 Å². The van der Waals surface area contributed by atoms with Crippen molar-refractivity contribution in [2.75, 3.05) is 13.1 Å². The summed E-state index contributed by atoms with van der Waals surface area (Å²) in [6.07, 6.45) is 1.12. The van der Waals surface area contributed by atoms with E-state index in [1.807, 2.05) is 6.07 Å². The molecule has 0 aliphatic heterocycles. The number of aliphatic imine (C=N–C) groups is 1. The van der Waals surface area contributed by atoms with Gasteiger partial charge in [0.05, 0.1) is 6.04 Å². The van der Waals surface area contributed by atoms with Crippen molar-refractivity contribution in [3.05, 3.63) is 35.9 Å². The molecule has 0 aromatic heterocycles. The summed E-state index contributed by atoms with van der Waals surface area (Å²) in [4.78, 5) is 4.61. The van der Waals surface area contributed by atoms with Crippen molar-refractivity contribution in [1.29, 1.82) is 0 Å². The molecule has 0 aliphatic rings. The van der Waals surface area contributed by atoms with Gasteiger partial charge in [-0.15, -0.1) is 24.0 Å². The van der Waals surface area contributed by atoms with E-state index in [1.165, 1.54) is 5.56 Å². The van der Waals surface area contributed by atoms with Crippen LogP contribution in [0.5, 0.6) is 0 Å². The molecule has 0 saturated heterocycles. The highest BCUT2D eigenvalue weighted by atomic mass is 127. The van der Waals surface area contributed by atoms with Gasteiger partial charge in [-0.05, 0) is 31.7 Å². The van der Waals surface area contributed by atoms with Crippen LogP contribution >= 0.6 is 24.0 Å². The molecule has 1 atom stereocenters. The first-order valence-corrected chi connectivity index (χ1v) is 7.23. The van der Waals surface area contributed by atoms with Gasteiger partial charge in [-0.25, -0.2) is 0 Å². The average molecular weight is 389 g/mol. The molecule has 2 N–H and O–H groups in total. The van der Waals surface area contributed by atoms with Crippen LogP contribution in [0.15, 0.2) is 35.3 Å². The molecule has 0 saturated carbocycles. The lowest BCUT2D eigenvalue weighted by Gasteiger charge is -2.18. The molecule has 0 aliphatic carbocycles. The second-order valence-corrected chi connectivity index (χ2v) is 5.22. The van der Waals surface area contributed by atoms with Gasteiger partial charge < -0.3 is 10.6 Å². The summed E-state index contributed by atoms with van der Waals surface area (Å²) in [6, 6.07) is 10.7. The van der Waals surface area contributed by atoms with Gasteiger partial charge in [-0.1, -0.05) is 44.2 Å². The van der Waals surface area contributed by atoms with Gasteiger partial charge in [0.2, 0.25) is 0 Å². The van der Waals surface area contributed by atoms with Crippen molar-refractivity contribution in [2.45, 2.75) is 40.2 Å². The molecule has 1 rings (SSSR count). The Labute approximate surface area is 140 Å². The molecule has 0 fully saturated rings. The normalized spacial score (nSPS) is 12.8. The van der Waals surface area contributed by atoms with E-state index in [0.717, 1.165) is 25.5 Å². The number of benzene rings is 1. The van der Waals surface area contributed by atoms with Gasteiger partial charge >= 0.3 is 0 Å². The van der Waals surface area contributed by atoms with Crippen molar-refractivity contribution in [1.82, 2.24) is 10.6 Å². The minimum absolute atomic E-state index is 0. The molecule has 0 spiro atoms. The molecular weight excluding hydrogens is 361 g/mol. The Balaban J connectivity index is 0.00000361. The summed E-state index contributed by atoms with van der Waals surface area (Å²) >= 11 is 0. The number of hydrogen-bond donors (Lipinski definition) is 2. The van der Waals surface area contributed by atoms with E-state index in [1.54, 1.807) is 0 Å². The van der Waals surface area contributed by atoms with Gasteiger partial charge in [-0.2, -0.15) is 0 Å². The zero-order valence-corrected chi connectivity index (χ0v) is 15.3. The summed E-state index contributed by atoms with van der Waals surface area (Å²) in [7, 11) is 0. The maximum absolute atomic E-state index is 4.61. The minimum atomic E-state index is 0. The monoisotopic (exact) mass is 389 g/mol. The SMILES string of the molecule is CCNC(=NCCC(C)C)NC(C)c1ccccc1.I. The first-order chi connectivity index (χ1) is 9.13. The van der Waals surface area contributed by atoms with Crippen LogP contribution in [0.1, 0.15) is 45.7 Å². The molecule has 0 bridgehead atoms. The first kappa shape index (κ1) is 19.2. The van der Waals surface area contributed by atoms with Gasteiger partial charge in [0.15, 0.2) is 5.96 Å². The third kappa shape index (κ3) is 7.72. The highest BCUT2D eigenvalue weighted by molar-refractivity contribution is 14.0. The lowest BCUT2D eigenvalue weighted by Crippen LogP contribution is -2.38. The molecule has 1 aromatic carbocycles. The highest BCUT2D eigenvalue weighted by Gasteiger charge is 2.06. The van der Waals surface area contributed by atoms with Crippen LogP contribution in [-0.2, 0) is 0 Å². The Kier molecular flexibility index (Phi) is 10.5. The van der Waals surface area contributed by atoms with Crippen molar-refractivity contribution < 1.29 is 0 Å². The lowest BCUT2D eigenvalue weighted by molar-refractivity contribution is 0.592. The van der Waals surface area contributed by atoms with Crippen molar-refractivity contribution in [3.8, 4) is 0 Å². The summed E-state index contributed by atoms with van der Waals surface area (Å²) < 4.78 is 0. The van der Waals surface area contributed by atoms with E-state index in [9.17, 15) is 0 Å². The van der Waals surface area contributed by atoms with Crippen molar-refractivity contribution in [2.24, 2.45) is 10.9 Å². The number of rotatable bonds is 6. The molecular formula is C16H28IN3. The third-order valence-corrected chi connectivity index (χ3v) is 2.97. The zero-order chi connectivity index (χ0) is 14.1. The topological polar surface area (TPSA) is 36.4 Å². The maximum atomic E-state index is 4.61. The number of halogens is 1. The van der Waals surface area contributed by atoms with E-state index in [-0.39, 0.29) is 30.0 Å². The quantitative estimate of drug-likeness (QED) is 0.439. The molecule has 0 radical (unpaired) electrons. The minimum Gasteiger partial charge on any atom is -0.357 e. The molecule has 20 heavy (non-hydrogen) atoms. The number of nitrogens with one attached hydrogen (secondary N) is 2. The fraction of sp³-hybridized carbons (Fsp3) is 0.562. The van der Waals surface area contributed by atoms with Crippen molar-refractivity contribution >= 4 is 29.9 Å². The standard InChI is InChI=1S/C16H27N3.HI/c1-5-17-16(18-12-11-13(2)3)19-14(4)15-9-7-6-8-10-15;/h6-10,13-14H,5,11-12H2,1-4H3,(H2,17,18,19);1H. The molecule has 3 nitrogen and oxygen atoms in total. The largest absolute Gasteiger partial charge is 0.357 e. The molecule has 114 valence electrons. The van der Waals surface area contributed by atoms with E-state index in [4.69, 9.17) is 0 Å². The fourth-order valence-corrected chi connectivity index (χ4v) is 1.78. The summed E-state index contributed by atoms with van der Waals surface area (Å²) in [5.41, 5.74) is 1.27. The molecule has 0 amide bonds. The maximum Gasteiger partial charge on any atom is 0.191 e. The summed E-state index contributed by atoms with van der Waals surface area (Å²) in [6.45, 7) is 10.5. The summed E-state index contributed by atoms with van der Waals surface area (Å²) in [5.74, 6) is 1.60. The molecule has 1 aromatic rings. The van der Waals surface area contributed by atoms with E-state index < -0.39 is 0 Å². The number of nitrogens with zero attached hydrogens (tertiary/aromatic N) is 1. The van der Waals surface area contributed by atoms with Crippen molar-refractivity contribution in [3.63, 3.8) is 0 Å². The van der Waals surface area contributed by atoms with Gasteiger partial charge in [-0.3, -0.25) is 4.99 Å². The Bertz CT molecular complexity index is 377. The Morgan fingerprint density at radius 2 is 1.80 bits per heavy atom. The Hall–Kier alpha value is -0.780. The Morgan fingerprint density at radius 3 is 2.35 bits per heavy atom. The first-order valence-electron chi connectivity index (χ1n) is 7.23. The smallest absolute Gasteiger partial charge is 0.191 e. The average Bonchev–Trinajstić information content (AvgIpc) is 2.39. The second kappa shape index (κ2) is 10.9. The predicted octanol–water partition coefficient (Wildman–Crippen LogP) is 3.97. The van der Waals surface area contributed by atoms with Crippen LogP contribution in [0, 0.1) is 5.92 Å². The molecule has 0 heterocycles. The second-order valence-electron chi connectivity index (χ2n) is 5.22. The predicted molar refractivity (Wildman–Crippen MR) is 98.8 cm³/mol. The third-order valence-electron chi connectivity index (χ3n) is 2.97. The van der Waals surface area contributed by atoms with E-state index >= 15 is 0 Å². The van der Waals surface area contributed by atoms with Gasteiger partial charge in [0.1, 0.15) is 0 Å². The number of hydrogen-bond acceptors (Lipinski definition) is 1. The number of guanidine groups is 1. The molecule has 1 unspecified atom stereocenters. The van der Waals surface area contributed by atoms with E-state index in [2.05, 4.69) is 67.6 Å². The Morgan fingerprint density at radius 1 is 1.15 bits per heavy atom. The van der Waals surface area contributed by atoms with Crippen LogP contribution in [0.2, 0.25) is 0 Å². The fourth-order valence-electron chi connectivity index (χ4n) is 1.78. The lowest BCUT2D eigenvalue weighted by atomic mass is 10.1. The van der Waals surface area contributed by atoms with Crippen LogP contribution < -0.4 is 10.6 Å². The van der Waals surface area contributed by atoms with Gasteiger partial charge in [0, 0.05) is 13.1 Å².